The van der Waals surface area contributed by atoms with Crippen molar-refractivity contribution >= 4 is 65.2 Å². The third-order valence-electron chi connectivity index (χ3n) is 13.4. The van der Waals surface area contributed by atoms with Gasteiger partial charge in [-0.2, -0.15) is 9.97 Å². The van der Waals surface area contributed by atoms with Crippen molar-refractivity contribution in [1.82, 2.24) is 39.0 Å². The standard InChI is InChI=1S/C62H38N8/c1-4-18-41(19-5-1)57-63-58(42-20-6-2-7-21-42)65-59(64-57)44-33-35-45(36-34-44)69-52-29-14-12-26-47(52)49-37-38-50-48-27-13-15-30-53(48)70(56(50)55(49)69)62-67-60(43-22-8-3-9-23-43)66-61(68-62)51-28-16-24-40-32-31-39-17-10-11-25-46(39)54(40)51/h1-38H. The van der Waals surface area contributed by atoms with E-state index in [9.17, 15) is 0 Å². The molecule has 14 rings (SSSR count). The van der Waals surface area contributed by atoms with Crippen LogP contribution >= 0.6 is 0 Å². The Balaban J connectivity index is 1.02. The zero-order valence-corrected chi connectivity index (χ0v) is 37.5. The van der Waals surface area contributed by atoms with Crippen molar-refractivity contribution in [2.75, 3.05) is 0 Å². The summed E-state index contributed by atoms with van der Waals surface area (Å²) in [5.41, 5.74) is 9.69. The maximum Gasteiger partial charge on any atom is 0.238 e. The van der Waals surface area contributed by atoms with Gasteiger partial charge in [-0.15, -0.1) is 0 Å². The first kappa shape index (κ1) is 39.5. The van der Waals surface area contributed by atoms with Gasteiger partial charge >= 0.3 is 0 Å². The molecule has 14 aromatic rings. The Labute approximate surface area is 401 Å². The topological polar surface area (TPSA) is 87.2 Å². The summed E-state index contributed by atoms with van der Waals surface area (Å²) in [6.07, 6.45) is 0. The van der Waals surface area contributed by atoms with Crippen LogP contribution < -0.4 is 0 Å². The first-order chi connectivity index (χ1) is 34.7. The van der Waals surface area contributed by atoms with Crippen LogP contribution in [0.15, 0.2) is 231 Å². The molecule has 0 unspecified atom stereocenters. The van der Waals surface area contributed by atoms with Crippen molar-refractivity contribution in [2.45, 2.75) is 0 Å². The first-order valence-corrected chi connectivity index (χ1v) is 23.4. The fraction of sp³-hybridized carbons (Fsp3) is 0. The van der Waals surface area contributed by atoms with E-state index in [0.29, 0.717) is 35.1 Å². The van der Waals surface area contributed by atoms with Crippen LogP contribution in [0.3, 0.4) is 0 Å². The summed E-state index contributed by atoms with van der Waals surface area (Å²) in [5, 5.41) is 8.99. The zero-order chi connectivity index (χ0) is 46.1. The highest BCUT2D eigenvalue weighted by molar-refractivity contribution is 6.24. The number of aromatic nitrogens is 8. The van der Waals surface area contributed by atoms with Crippen LogP contribution in [-0.4, -0.2) is 39.0 Å². The molecule has 0 spiro atoms. The van der Waals surface area contributed by atoms with E-state index in [2.05, 4.69) is 161 Å². The van der Waals surface area contributed by atoms with Crippen LogP contribution in [0.2, 0.25) is 0 Å². The van der Waals surface area contributed by atoms with Crippen LogP contribution in [0.25, 0.3) is 134 Å². The largest absolute Gasteiger partial charge is 0.307 e. The highest BCUT2D eigenvalue weighted by Gasteiger charge is 2.24. The molecular formula is C62H38N8. The number of fused-ring (bicyclic) bond motifs is 10. The summed E-state index contributed by atoms with van der Waals surface area (Å²) in [6.45, 7) is 0. The van der Waals surface area contributed by atoms with Gasteiger partial charge in [-0.1, -0.05) is 194 Å². The summed E-state index contributed by atoms with van der Waals surface area (Å²) in [6, 6.07) is 79.9. The number of para-hydroxylation sites is 2. The zero-order valence-electron chi connectivity index (χ0n) is 37.5. The lowest BCUT2D eigenvalue weighted by molar-refractivity contribution is 0.954. The Morgan fingerprint density at radius 3 is 1.29 bits per heavy atom. The predicted molar refractivity (Wildman–Crippen MR) is 284 cm³/mol. The second kappa shape index (κ2) is 16.0. The Bertz CT molecular complexity index is 4280. The van der Waals surface area contributed by atoms with Gasteiger partial charge in [0, 0.05) is 60.4 Å². The molecule has 0 aliphatic rings. The van der Waals surface area contributed by atoms with Crippen LogP contribution in [0, 0.1) is 0 Å². The highest BCUT2D eigenvalue weighted by atomic mass is 15.2. The summed E-state index contributed by atoms with van der Waals surface area (Å²) in [7, 11) is 0. The molecular weight excluding hydrogens is 857 g/mol. The first-order valence-electron chi connectivity index (χ1n) is 23.4. The molecule has 0 saturated carbocycles. The Hall–Kier alpha value is -9.66. The van der Waals surface area contributed by atoms with Gasteiger partial charge in [0.25, 0.3) is 0 Å². The lowest BCUT2D eigenvalue weighted by atomic mass is 9.97. The summed E-state index contributed by atoms with van der Waals surface area (Å²) < 4.78 is 4.63. The fourth-order valence-corrected chi connectivity index (χ4v) is 10.2. The minimum absolute atomic E-state index is 0.533. The van der Waals surface area contributed by atoms with E-state index >= 15 is 0 Å². The van der Waals surface area contributed by atoms with Gasteiger partial charge < -0.3 is 4.57 Å². The van der Waals surface area contributed by atoms with Crippen LogP contribution in [0.4, 0.5) is 0 Å². The summed E-state index contributed by atoms with van der Waals surface area (Å²) in [5.74, 6) is 3.57. The average Bonchev–Trinajstić information content (AvgIpc) is 3.97. The quantitative estimate of drug-likeness (QED) is 0.148. The molecule has 326 valence electrons. The van der Waals surface area contributed by atoms with E-state index in [1.54, 1.807) is 0 Å². The van der Waals surface area contributed by atoms with E-state index in [-0.39, 0.29) is 0 Å². The van der Waals surface area contributed by atoms with Gasteiger partial charge in [-0.3, -0.25) is 4.57 Å². The van der Waals surface area contributed by atoms with Crippen molar-refractivity contribution in [3.8, 4) is 68.6 Å². The minimum atomic E-state index is 0.533. The molecule has 0 saturated heterocycles. The molecule has 8 heteroatoms. The van der Waals surface area contributed by atoms with Gasteiger partial charge in [0.15, 0.2) is 29.1 Å². The molecule has 4 heterocycles. The van der Waals surface area contributed by atoms with Crippen LogP contribution in [0.1, 0.15) is 0 Å². The lowest BCUT2D eigenvalue weighted by Crippen LogP contribution is -2.07. The van der Waals surface area contributed by atoms with Crippen molar-refractivity contribution in [1.29, 1.82) is 0 Å². The second-order valence-corrected chi connectivity index (χ2v) is 17.5. The Kier molecular flexibility index (Phi) is 9.03. The molecule has 10 aromatic carbocycles. The van der Waals surface area contributed by atoms with Crippen molar-refractivity contribution in [3.05, 3.63) is 231 Å². The maximum atomic E-state index is 5.51. The minimum Gasteiger partial charge on any atom is -0.307 e. The van der Waals surface area contributed by atoms with E-state index in [4.69, 9.17) is 29.9 Å². The third-order valence-corrected chi connectivity index (χ3v) is 13.4. The second-order valence-electron chi connectivity index (χ2n) is 17.5. The lowest BCUT2D eigenvalue weighted by Gasteiger charge is -2.14. The third kappa shape index (κ3) is 6.38. The molecule has 4 aromatic heterocycles. The predicted octanol–water partition coefficient (Wildman–Crippen LogP) is 14.9. The molecule has 0 N–H and O–H groups in total. The fourth-order valence-electron chi connectivity index (χ4n) is 10.2. The van der Waals surface area contributed by atoms with Crippen LogP contribution in [0.5, 0.6) is 0 Å². The van der Waals surface area contributed by atoms with Gasteiger partial charge in [0.2, 0.25) is 5.95 Å². The summed E-state index contributed by atoms with van der Waals surface area (Å²) in [4.78, 5) is 31.2. The molecule has 0 aliphatic carbocycles. The van der Waals surface area contributed by atoms with E-state index in [0.717, 1.165) is 98.7 Å². The smallest absolute Gasteiger partial charge is 0.238 e. The van der Waals surface area contributed by atoms with Gasteiger partial charge in [-0.05, 0) is 52.6 Å². The Morgan fingerprint density at radius 2 is 0.686 bits per heavy atom. The molecule has 0 bridgehead atoms. The van der Waals surface area contributed by atoms with Crippen molar-refractivity contribution < 1.29 is 0 Å². The number of benzene rings is 10. The molecule has 0 amide bonds. The molecule has 8 nitrogen and oxygen atoms in total. The molecule has 70 heavy (non-hydrogen) atoms. The van der Waals surface area contributed by atoms with E-state index in [1.807, 2.05) is 78.9 Å². The van der Waals surface area contributed by atoms with Crippen LogP contribution in [-0.2, 0) is 0 Å². The number of nitrogens with zero attached hydrogens (tertiary/aromatic N) is 8. The molecule has 0 fully saturated rings. The molecule has 0 radical (unpaired) electrons. The highest BCUT2D eigenvalue weighted by Crippen LogP contribution is 2.42. The van der Waals surface area contributed by atoms with Crippen molar-refractivity contribution in [3.63, 3.8) is 0 Å². The van der Waals surface area contributed by atoms with Crippen molar-refractivity contribution in [2.24, 2.45) is 0 Å². The SMILES string of the molecule is c1ccc(-c2nc(-c3ccccc3)nc(-c3ccc(-n4c5ccccc5c5ccc6c7ccccc7n(-c7nc(-c8ccccc8)nc(-c8cccc9ccc%10ccccc%10c89)n7)c6c54)cc3)n2)cc1. The monoisotopic (exact) mass is 894 g/mol. The molecule has 0 atom stereocenters. The number of hydrogen-bond donors (Lipinski definition) is 0. The Morgan fingerprint density at radius 1 is 0.257 bits per heavy atom. The molecule has 0 aliphatic heterocycles. The van der Waals surface area contributed by atoms with Gasteiger partial charge in [0.05, 0.1) is 22.1 Å². The van der Waals surface area contributed by atoms with E-state index < -0.39 is 0 Å². The normalized spacial score (nSPS) is 11.7. The number of hydrogen-bond acceptors (Lipinski definition) is 6. The van der Waals surface area contributed by atoms with E-state index in [1.165, 1.54) is 0 Å². The average molecular weight is 895 g/mol. The summed E-state index contributed by atoms with van der Waals surface area (Å²) >= 11 is 0. The maximum absolute atomic E-state index is 5.51. The van der Waals surface area contributed by atoms with Gasteiger partial charge in [-0.25, -0.2) is 19.9 Å². The number of rotatable bonds is 7. The van der Waals surface area contributed by atoms with Gasteiger partial charge in [0.1, 0.15) is 0 Å².